The lowest BCUT2D eigenvalue weighted by atomic mass is 9.78. The Bertz CT molecular complexity index is 2120. The van der Waals surface area contributed by atoms with Crippen LogP contribution in [0.4, 0.5) is 5.69 Å². The molecule has 1 amide bonds. The monoisotopic (exact) mass is 908 g/mol. The summed E-state index contributed by atoms with van der Waals surface area (Å²) in [6.45, 7) is 18.1. The highest BCUT2D eigenvalue weighted by molar-refractivity contribution is 6.23. The number of methoxy groups -OCH3 is 1. The molecule has 0 fully saturated rings. The van der Waals surface area contributed by atoms with Gasteiger partial charge in [0.15, 0.2) is 5.75 Å². The number of esters is 1. The minimum absolute atomic E-state index is 0.0633. The first kappa shape index (κ1) is 52.5. The topological polar surface area (TPSA) is 217 Å². The number of hydrazone groups is 1. The molecule has 0 radical (unpaired) electrons. The summed E-state index contributed by atoms with van der Waals surface area (Å²) < 4.78 is 23.8. The molecule has 2 aromatic rings. The van der Waals surface area contributed by atoms with Crippen molar-refractivity contribution >= 4 is 40.3 Å². The summed E-state index contributed by atoms with van der Waals surface area (Å²) in [4.78, 5) is 40.9. The lowest BCUT2D eigenvalue weighted by Gasteiger charge is -2.38. The van der Waals surface area contributed by atoms with Crippen molar-refractivity contribution in [2.75, 3.05) is 25.5 Å². The van der Waals surface area contributed by atoms with Gasteiger partial charge >= 0.3 is 11.8 Å². The molecular formula is C50H73N3O12. The Balaban J connectivity index is 1.97. The number of carbonyl (C=O) groups is 3. The molecule has 0 spiro atoms. The highest BCUT2D eigenvalue weighted by Gasteiger charge is 2.50. The zero-order valence-corrected chi connectivity index (χ0v) is 40.1. The molecule has 3 aliphatic heterocycles. The van der Waals surface area contributed by atoms with Gasteiger partial charge in [-0.15, -0.1) is 0 Å². The van der Waals surface area contributed by atoms with Crippen LogP contribution < -0.4 is 10.1 Å². The van der Waals surface area contributed by atoms with E-state index in [1.165, 1.54) is 52.5 Å². The van der Waals surface area contributed by atoms with Gasteiger partial charge < -0.3 is 49.8 Å². The fraction of sp³-hybridized carbons (Fsp3) is 0.600. The van der Waals surface area contributed by atoms with E-state index in [0.29, 0.717) is 13.1 Å². The second-order valence-corrected chi connectivity index (χ2v) is 17.9. The van der Waals surface area contributed by atoms with Crippen LogP contribution in [-0.4, -0.2) is 105 Å². The molecule has 0 saturated heterocycles. The van der Waals surface area contributed by atoms with Gasteiger partial charge in [0.05, 0.1) is 53.0 Å². The number of aliphatic hydroxyl groups is 2. The summed E-state index contributed by atoms with van der Waals surface area (Å²) in [5, 5.41) is 68.0. The Kier molecular flexibility index (Phi) is 18.9. The number of nitrogens with one attached hydrogen (secondary N) is 1. The van der Waals surface area contributed by atoms with E-state index in [9.17, 15) is 39.9 Å². The zero-order valence-electron chi connectivity index (χ0n) is 40.1. The first-order chi connectivity index (χ1) is 30.8. The minimum Gasteiger partial charge on any atom is -0.507 e. The summed E-state index contributed by atoms with van der Waals surface area (Å²) in [5.74, 6) is -8.29. The maximum atomic E-state index is 14.6. The maximum Gasteiger partial charge on any atom is 0.312 e. The van der Waals surface area contributed by atoms with Crippen molar-refractivity contribution in [1.29, 1.82) is 0 Å². The van der Waals surface area contributed by atoms with Gasteiger partial charge in [-0.1, -0.05) is 98.3 Å². The number of carbonyl (C=O) groups excluding carboxylic acids is 3. The highest BCUT2D eigenvalue weighted by atomic mass is 16.7. The third kappa shape index (κ3) is 12.0. The van der Waals surface area contributed by atoms with Crippen LogP contribution in [0.2, 0.25) is 0 Å². The molecule has 2 aromatic carbocycles. The number of unbranched alkanes of at least 4 members (excludes halogenated alkanes) is 6. The van der Waals surface area contributed by atoms with Crippen LogP contribution in [0.15, 0.2) is 41.2 Å². The molecule has 3 heterocycles. The molecule has 5 bridgehead atoms. The molecule has 0 aromatic heterocycles. The van der Waals surface area contributed by atoms with Crippen LogP contribution in [-0.2, 0) is 23.8 Å². The predicted octanol–water partition coefficient (Wildman–Crippen LogP) is 8.55. The van der Waals surface area contributed by atoms with Crippen LogP contribution >= 0.6 is 0 Å². The van der Waals surface area contributed by atoms with Gasteiger partial charge in [0, 0.05) is 74.2 Å². The number of hydrogen-bond donors (Lipinski definition) is 6. The van der Waals surface area contributed by atoms with Crippen LogP contribution in [0.5, 0.6) is 23.0 Å². The number of ether oxygens (including phenoxy) is 4. The van der Waals surface area contributed by atoms with Crippen molar-refractivity contribution in [3.05, 3.63) is 52.8 Å². The molecule has 65 heavy (non-hydrogen) atoms. The number of nitrogens with zero attached hydrogens (tertiary/aromatic N) is 2. The third-order valence-corrected chi connectivity index (χ3v) is 12.9. The van der Waals surface area contributed by atoms with Crippen molar-refractivity contribution in [2.24, 2.45) is 28.8 Å². The van der Waals surface area contributed by atoms with Gasteiger partial charge in [-0.05, 0) is 32.8 Å². The molecule has 15 nitrogen and oxygen atoms in total. The Hall–Kier alpha value is -5.12. The molecule has 0 aliphatic carbocycles. The van der Waals surface area contributed by atoms with Crippen LogP contribution in [0.3, 0.4) is 0 Å². The number of anilines is 1. The molecule has 3 aliphatic rings. The standard InChI is InChI=1S/C50H73N3O12/c1-12-14-16-18-24-53(25-19-17-15-13-2)51-27-35-40-45(59)38-37(44(35)58)39-47(33(8)43(38)57)65-50(10,48(39)60)63-26-23-36(62-11)30(5)46(64-34(9)54)32(7)42(56)31(6)41(55)28(3)21-20-22-29(4)49(61)52-40/h20-23,26-28,30-32,36,41-42,46,55-59H,12-19,24-25H2,1-11H3,(H,52,61)/b21-20+,26-23+,29-22-,51-27+/t28-,30+,31+,32+,36-,41-,42+,46+,50-/m0/s1. The number of fused-ring (bicyclic) bond motifs is 14. The SMILES string of the molecule is CCCCCCN(CCCCCC)/N=C/c1c2c(O)c3c(O)c(C)c4c(c3c1O)C(=O)[C@@](C)(O/C=C/[C@H](OC)[C@@H](C)[C@@H](OC(C)=O)[C@H](C)[C@H](O)[C@H](C)[C@@H](O)[C@@H](C)/C=C/C=C(/C)C(=O)N2)O4. The van der Waals surface area contributed by atoms with Crippen molar-refractivity contribution < 1.29 is 58.9 Å². The number of amides is 1. The Morgan fingerprint density at radius 2 is 1.51 bits per heavy atom. The van der Waals surface area contributed by atoms with Crippen LogP contribution in [0, 0.1) is 30.6 Å². The van der Waals surface area contributed by atoms with E-state index in [4.69, 9.17) is 24.0 Å². The quantitative estimate of drug-likeness (QED) is 0.0262. The minimum atomic E-state index is -2.05. The number of allylic oxidation sites excluding steroid dienone is 2. The highest BCUT2D eigenvalue weighted by Crippen LogP contribution is 2.55. The average molecular weight is 908 g/mol. The molecule has 5 rings (SSSR count). The number of aliphatic hydroxyl groups excluding tert-OH is 2. The zero-order chi connectivity index (χ0) is 48.3. The van der Waals surface area contributed by atoms with Gasteiger partial charge in [-0.3, -0.25) is 19.4 Å². The predicted molar refractivity (Wildman–Crippen MR) is 251 cm³/mol. The first-order valence-corrected chi connectivity index (χ1v) is 23.1. The largest absolute Gasteiger partial charge is 0.507 e. The second-order valence-electron chi connectivity index (χ2n) is 17.9. The van der Waals surface area contributed by atoms with Gasteiger partial charge in [0.1, 0.15) is 23.4 Å². The normalized spacial score (nSPS) is 28.4. The molecule has 9 atom stereocenters. The van der Waals surface area contributed by atoms with Crippen molar-refractivity contribution in [3.63, 3.8) is 0 Å². The number of Topliss-reactive ketones (excluding diaryl/α,β-unsaturated/α-hetero) is 1. The van der Waals surface area contributed by atoms with E-state index in [2.05, 4.69) is 19.2 Å². The van der Waals surface area contributed by atoms with Gasteiger partial charge in [0.2, 0.25) is 0 Å². The summed E-state index contributed by atoms with van der Waals surface area (Å²) in [6.07, 6.45) is 13.0. The molecule has 0 unspecified atom stereocenters. The Labute approximate surface area is 384 Å². The third-order valence-electron chi connectivity index (χ3n) is 12.9. The fourth-order valence-corrected chi connectivity index (χ4v) is 8.68. The number of aromatic hydroxyl groups is 3. The van der Waals surface area contributed by atoms with Crippen molar-refractivity contribution in [3.8, 4) is 23.0 Å². The van der Waals surface area contributed by atoms with Crippen molar-refractivity contribution in [1.82, 2.24) is 5.01 Å². The Morgan fingerprint density at radius 1 is 0.877 bits per heavy atom. The molecule has 360 valence electrons. The summed E-state index contributed by atoms with van der Waals surface area (Å²) in [6, 6.07) is 0. The smallest absolute Gasteiger partial charge is 0.312 e. The molecule has 0 saturated carbocycles. The number of phenolic OH excluding ortho intramolecular Hbond substituents is 3. The first-order valence-electron chi connectivity index (χ1n) is 23.1. The average Bonchev–Trinajstić information content (AvgIpc) is 3.54. The van der Waals surface area contributed by atoms with E-state index < -0.39 is 88.8 Å². The van der Waals surface area contributed by atoms with E-state index in [0.717, 1.165) is 51.4 Å². The maximum absolute atomic E-state index is 14.6. The van der Waals surface area contributed by atoms with E-state index in [1.54, 1.807) is 46.8 Å². The van der Waals surface area contributed by atoms with Gasteiger partial charge in [-0.25, -0.2) is 0 Å². The Morgan fingerprint density at radius 3 is 2.09 bits per heavy atom. The molecular weight excluding hydrogens is 835 g/mol. The number of phenols is 3. The number of hydrogen-bond acceptors (Lipinski definition) is 14. The molecule has 15 heteroatoms. The molecule has 6 N–H and O–H groups in total. The number of benzene rings is 2. The fourth-order valence-electron chi connectivity index (χ4n) is 8.68. The van der Waals surface area contributed by atoms with Gasteiger partial charge in [-0.2, -0.15) is 5.10 Å². The second kappa shape index (κ2) is 23.4. The van der Waals surface area contributed by atoms with Crippen LogP contribution in [0.1, 0.15) is 135 Å². The summed E-state index contributed by atoms with van der Waals surface area (Å²) >= 11 is 0. The number of rotatable bonds is 14. The van der Waals surface area contributed by atoms with Crippen LogP contribution in [0.25, 0.3) is 10.8 Å². The van der Waals surface area contributed by atoms with Gasteiger partial charge in [0.25, 0.3) is 11.7 Å². The lowest BCUT2D eigenvalue weighted by molar-refractivity contribution is -0.160. The summed E-state index contributed by atoms with van der Waals surface area (Å²) in [7, 11) is 1.45. The number of ketones is 1. The van der Waals surface area contributed by atoms with E-state index in [-0.39, 0.29) is 44.5 Å². The lowest BCUT2D eigenvalue weighted by Crippen LogP contribution is -2.46. The summed E-state index contributed by atoms with van der Waals surface area (Å²) in [5.41, 5.74) is -0.286. The van der Waals surface area contributed by atoms with Crippen molar-refractivity contribution in [2.45, 2.75) is 151 Å². The van der Waals surface area contributed by atoms with E-state index >= 15 is 0 Å². The van der Waals surface area contributed by atoms with E-state index in [1.807, 2.05) is 5.01 Å².